The van der Waals surface area contributed by atoms with Gasteiger partial charge in [-0.2, -0.15) is 0 Å². The first-order valence-electron chi connectivity index (χ1n) is 22.7. The molecule has 0 unspecified atom stereocenters. The zero-order valence-electron chi connectivity index (χ0n) is 35.5. The van der Waals surface area contributed by atoms with Crippen molar-refractivity contribution in [2.24, 2.45) is 0 Å². The molecule has 0 fully saturated rings. The Kier molecular flexibility index (Phi) is 7.29. The minimum atomic E-state index is -0.618. The van der Waals surface area contributed by atoms with Gasteiger partial charge in [-0.1, -0.05) is 176 Å². The maximum Gasteiger partial charge on any atom is 0.159 e. The first-order valence-corrected chi connectivity index (χ1v) is 23.5. The number of benzene rings is 10. The molecule has 0 saturated carbocycles. The number of ether oxygens (including phenoxy) is 1. The van der Waals surface area contributed by atoms with Crippen LogP contribution in [0.2, 0.25) is 0 Å². The second-order valence-electron chi connectivity index (χ2n) is 17.8. The molecule has 66 heavy (non-hydrogen) atoms. The Hall–Kier alpha value is -8.05. The van der Waals surface area contributed by atoms with E-state index in [1.54, 1.807) is 0 Å². The highest BCUT2D eigenvalue weighted by atomic mass is 32.2. The van der Waals surface area contributed by atoms with Gasteiger partial charge >= 0.3 is 0 Å². The van der Waals surface area contributed by atoms with Gasteiger partial charge in [-0.05, 0) is 116 Å². The first-order chi connectivity index (χ1) is 32.7. The molecular formula is C62H37NO2S. The number of hydrogen-bond acceptors (Lipinski definition) is 4. The first kappa shape index (κ1) is 36.3. The summed E-state index contributed by atoms with van der Waals surface area (Å²) in [7, 11) is 0. The Morgan fingerprint density at radius 3 is 1.56 bits per heavy atom. The van der Waals surface area contributed by atoms with Crippen molar-refractivity contribution in [1.29, 1.82) is 0 Å². The molecule has 3 heterocycles. The Morgan fingerprint density at radius 2 is 0.848 bits per heavy atom. The molecule has 0 saturated heterocycles. The third-order valence-corrected chi connectivity index (χ3v) is 16.0. The summed E-state index contributed by atoms with van der Waals surface area (Å²) in [6, 6.07) is 82.5. The van der Waals surface area contributed by atoms with Crippen LogP contribution in [0, 0.1) is 0 Å². The molecule has 4 aliphatic rings. The summed E-state index contributed by atoms with van der Waals surface area (Å²) < 4.78 is 13.6. The minimum absolute atomic E-state index is 0.470. The molecule has 0 amide bonds. The molecule has 11 aromatic rings. The lowest BCUT2D eigenvalue weighted by Gasteiger charge is -2.40. The van der Waals surface area contributed by atoms with E-state index < -0.39 is 10.8 Å². The van der Waals surface area contributed by atoms with Crippen molar-refractivity contribution in [1.82, 2.24) is 0 Å². The van der Waals surface area contributed by atoms with E-state index in [2.05, 4.69) is 229 Å². The van der Waals surface area contributed by atoms with Crippen molar-refractivity contribution in [2.45, 2.75) is 20.6 Å². The molecule has 2 aliphatic heterocycles. The zero-order valence-corrected chi connectivity index (χ0v) is 36.4. The largest absolute Gasteiger partial charge is 0.457 e. The average molecular weight is 860 g/mol. The highest BCUT2D eigenvalue weighted by Gasteiger charge is 2.52. The lowest BCUT2D eigenvalue weighted by molar-refractivity contribution is 0.436. The third kappa shape index (κ3) is 4.54. The number of rotatable bonds is 3. The molecule has 2 aliphatic carbocycles. The fourth-order valence-electron chi connectivity index (χ4n) is 12.3. The van der Waals surface area contributed by atoms with Crippen molar-refractivity contribution in [3.05, 3.63) is 269 Å². The summed E-state index contributed by atoms with van der Waals surface area (Å²) in [6.45, 7) is 0. The fourth-order valence-corrected chi connectivity index (χ4v) is 13.5. The summed E-state index contributed by atoms with van der Waals surface area (Å²) in [4.78, 5) is 5.03. The monoisotopic (exact) mass is 859 g/mol. The number of nitrogens with zero attached hydrogens (tertiary/aromatic N) is 1. The van der Waals surface area contributed by atoms with E-state index in [-0.39, 0.29) is 0 Å². The standard InChI is InChI=1S/C62H37NO2S/c1-4-20-46-40(16-1)42-34-32-39(37-53(42)62(46)49-22-6-11-28-56(49)64-57-29-12-7-23-50(57)62)63(54-26-15-19-44-43-18-3-10-27-55(43)65-60(44)54)38-33-35-48-45(36-38)41-17-2-5-21-47(41)61(48)51-24-8-13-30-58(51)66-59-31-14-9-25-52(59)61/h1-37H. The molecule has 0 radical (unpaired) electrons. The maximum absolute atomic E-state index is 6.91. The Morgan fingerprint density at radius 1 is 0.348 bits per heavy atom. The summed E-state index contributed by atoms with van der Waals surface area (Å²) in [5.41, 5.74) is 18.7. The van der Waals surface area contributed by atoms with Crippen molar-refractivity contribution in [3.63, 3.8) is 0 Å². The van der Waals surface area contributed by atoms with Crippen LogP contribution in [0.4, 0.5) is 17.1 Å². The number of hydrogen-bond donors (Lipinski definition) is 0. The van der Waals surface area contributed by atoms with Gasteiger partial charge in [-0.3, -0.25) is 0 Å². The van der Waals surface area contributed by atoms with E-state index in [1.165, 1.54) is 65.4 Å². The van der Waals surface area contributed by atoms with Gasteiger partial charge in [0.1, 0.15) is 17.1 Å². The van der Waals surface area contributed by atoms with Crippen molar-refractivity contribution >= 4 is 50.8 Å². The van der Waals surface area contributed by atoms with Crippen LogP contribution in [0.3, 0.4) is 0 Å². The molecule has 0 N–H and O–H groups in total. The van der Waals surface area contributed by atoms with Crippen LogP contribution in [0.5, 0.6) is 11.5 Å². The van der Waals surface area contributed by atoms with E-state index in [9.17, 15) is 0 Å². The normalized spacial score (nSPS) is 14.7. The molecule has 3 nitrogen and oxygen atoms in total. The van der Waals surface area contributed by atoms with Gasteiger partial charge in [0.15, 0.2) is 5.58 Å². The smallest absolute Gasteiger partial charge is 0.159 e. The Balaban J connectivity index is 1.02. The van der Waals surface area contributed by atoms with Crippen LogP contribution < -0.4 is 9.64 Å². The van der Waals surface area contributed by atoms with Crippen LogP contribution >= 0.6 is 11.8 Å². The molecule has 4 heteroatoms. The van der Waals surface area contributed by atoms with Crippen molar-refractivity contribution in [3.8, 4) is 33.8 Å². The Labute approximate surface area is 386 Å². The number of anilines is 3. The number of furan rings is 1. The van der Waals surface area contributed by atoms with Crippen LogP contribution in [-0.2, 0) is 10.8 Å². The van der Waals surface area contributed by atoms with Crippen LogP contribution in [0.15, 0.2) is 239 Å². The second-order valence-corrected chi connectivity index (χ2v) is 18.9. The lowest BCUT2D eigenvalue weighted by Crippen LogP contribution is -2.32. The topological polar surface area (TPSA) is 25.6 Å². The average Bonchev–Trinajstić information content (AvgIpc) is 4.00. The SMILES string of the molecule is c1ccc2c(c1)Oc1ccccc1C21c2ccccc2-c2ccc(N(c3ccc4c(c3)-c3ccccc3C43c4ccccc4Sc4ccccc43)c3cccc4c3oc3ccccc34)cc21. The molecule has 10 aromatic carbocycles. The predicted molar refractivity (Wildman–Crippen MR) is 267 cm³/mol. The van der Waals surface area contributed by atoms with Gasteiger partial charge in [0.25, 0.3) is 0 Å². The van der Waals surface area contributed by atoms with Gasteiger partial charge in [0.05, 0.1) is 16.5 Å². The molecule has 15 rings (SSSR count). The van der Waals surface area contributed by atoms with E-state index >= 15 is 0 Å². The summed E-state index contributed by atoms with van der Waals surface area (Å²) >= 11 is 1.88. The molecular weight excluding hydrogens is 823 g/mol. The molecule has 1 aromatic heterocycles. The number of fused-ring (bicyclic) bond motifs is 21. The second kappa shape index (κ2) is 13.3. The van der Waals surface area contributed by atoms with Crippen LogP contribution in [0.1, 0.15) is 44.5 Å². The van der Waals surface area contributed by atoms with Gasteiger partial charge < -0.3 is 14.1 Å². The van der Waals surface area contributed by atoms with E-state index in [0.29, 0.717) is 0 Å². The van der Waals surface area contributed by atoms with Gasteiger partial charge in [0.2, 0.25) is 0 Å². The molecule has 2 spiro atoms. The van der Waals surface area contributed by atoms with E-state index in [4.69, 9.17) is 9.15 Å². The summed E-state index contributed by atoms with van der Waals surface area (Å²) in [5.74, 6) is 1.76. The van der Waals surface area contributed by atoms with Gasteiger partial charge in [-0.25, -0.2) is 0 Å². The summed E-state index contributed by atoms with van der Waals surface area (Å²) in [6.07, 6.45) is 0. The van der Waals surface area contributed by atoms with Gasteiger partial charge in [0, 0.05) is 43.1 Å². The number of para-hydroxylation sites is 4. The third-order valence-electron chi connectivity index (χ3n) is 14.8. The van der Waals surface area contributed by atoms with E-state index in [0.717, 1.165) is 61.6 Å². The van der Waals surface area contributed by atoms with Gasteiger partial charge in [-0.15, -0.1) is 0 Å². The molecule has 308 valence electrons. The maximum atomic E-state index is 6.91. The van der Waals surface area contributed by atoms with Crippen molar-refractivity contribution < 1.29 is 9.15 Å². The fraction of sp³-hybridized carbons (Fsp3) is 0.0323. The lowest BCUT2D eigenvalue weighted by atomic mass is 9.66. The minimum Gasteiger partial charge on any atom is -0.457 e. The van der Waals surface area contributed by atoms with Crippen LogP contribution in [0.25, 0.3) is 44.2 Å². The van der Waals surface area contributed by atoms with Crippen LogP contribution in [-0.4, -0.2) is 0 Å². The predicted octanol–water partition coefficient (Wildman–Crippen LogP) is 16.4. The highest BCUT2D eigenvalue weighted by Crippen LogP contribution is 2.65. The van der Waals surface area contributed by atoms with E-state index in [1.807, 2.05) is 11.8 Å². The summed E-state index contributed by atoms with van der Waals surface area (Å²) in [5, 5.41) is 2.19. The quantitative estimate of drug-likeness (QED) is 0.177. The zero-order chi connectivity index (χ0) is 43.1. The molecule has 0 bridgehead atoms. The molecule has 0 atom stereocenters. The van der Waals surface area contributed by atoms with Crippen molar-refractivity contribution in [2.75, 3.05) is 4.90 Å². The Bertz CT molecular complexity index is 3790. The highest BCUT2D eigenvalue weighted by molar-refractivity contribution is 7.99.